The summed E-state index contributed by atoms with van der Waals surface area (Å²) in [6.07, 6.45) is 0.676. The Hall–Kier alpha value is -1.59. The van der Waals surface area contributed by atoms with Crippen molar-refractivity contribution in [3.63, 3.8) is 0 Å². The highest BCUT2D eigenvalue weighted by molar-refractivity contribution is 6.31. The molecule has 0 amide bonds. The molecule has 0 saturated carbocycles. The summed E-state index contributed by atoms with van der Waals surface area (Å²) in [6, 6.07) is 4.66. The zero-order chi connectivity index (χ0) is 12.7. The molecule has 94 valence electrons. The monoisotopic (exact) mass is 266 g/mol. The first kappa shape index (κ1) is 11.5. The number of ether oxygens (including phenoxy) is 1. The molecular formula is C12H11ClN2O3. The van der Waals surface area contributed by atoms with Gasteiger partial charge in [-0.05, 0) is 24.6 Å². The maximum Gasteiger partial charge on any atom is 0.329 e. The summed E-state index contributed by atoms with van der Waals surface area (Å²) in [5, 5.41) is 0.898. The maximum absolute atomic E-state index is 12.3. The van der Waals surface area contributed by atoms with Crippen LogP contribution in [0.25, 0.3) is 10.9 Å². The normalized spacial score (nSPS) is 19.5. The second-order valence-electron chi connectivity index (χ2n) is 4.31. The molecule has 1 atom stereocenters. The Morgan fingerprint density at radius 1 is 1.39 bits per heavy atom. The predicted octanol–water partition coefficient (Wildman–Crippen LogP) is 1.30. The van der Waals surface area contributed by atoms with Gasteiger partial charge in [-0.2, -0.15) is 0 Å². The van der Waals surface area contributed by atoms with E-state index < -0.39 is 5.69 Å². The van der Waals surface area contributed by atoms with Crippen LogP contribution in [0.1, 0.15) is 12.5 Å². The highest BCUT2D eigenvalue weighted by atomic mass is 35.5. The van der Waals surface area contributed by atoms with E-state index in [0.29, 0.717) is 35.6 Å². The van der Waals surface area contributed by atoms with Crippen LogP contribution >= 0.6 is 11.6 Å². The number of nitrogens with one attached hydrogen (secondary N) is 1. The predicted molar refractivity (Wildman–Crippen MR) is 68.3 cm³/mol. The van der Waals surface area contributed by atoms with Crippen molar-refractivity contribution in [3.8, 4) is 0 Å². The molecule has 1 aliphatic rings. The van der Waals surface area contributed by atoms with Crippen LogP contribution in [-0.4, -0.2) is 22.8 Å². The Bertz CT molecular complexity index is 713. The Labute approximate surface area is 107 Å². The van der Waals surface area contributed by atoms with Crippen LogP contribution in [0, 0.1) is 0 Å². The van der Waals surface area contributed by atoms with Crippen molar-refractivity contribution in [3.05, 3.63) is 44.1 Å². The number of benzene rings is 1. The van der Waals surface area contributed by atoms with Gasteiger partial charge >= 0.3 is 5.69 Å². The SMILES string of the molecule is O=c1[nH]c2ccc(Cl)cc2c(=O)n1C1CCOC1. The van der Waals surface area contributed by atoms with Crippen LogP contribution in [0.2, 0.25) is 5.02 Å². The number of aromatic nitrogens is 2. The molecule has 0 spiro atoms. The smallest absolute Gasteiger partial charge is 0.329 e. The molecular weight excluding hydrogens is 256 g/mol. The maximum atomic E-state index is 12.3. The van der Waals surface area contributed by atoms with Gasteiger partial charge in [0.05, 0.1) is 23.6 Å². The second-order valence-corrected chi connectivity index (χ2v) is 4.75. The van der Waals surface area contributed by atoms with E-state index in [9.17, 15) is 9.59 Å². The summed E-state index contributed by atoms with van der Waals surface area (Å²) >= 11 is 5.88. The minimum absolute atomic E-state index is 0.190. The lowest BCUT2D eigenvalue weighted by Crippen LogP contribution is -2.38. The molecule has 1 saturated heterocycles. The van der Waals surface area contributed by atoms with Gasteiger partial charge in [-0.25, -0.2) is 4.79 Å². The van der Waals surface area contributed by atoms with E-state index in [1.807, 2.05) is 0 Å². The molecule has 1 fully saturated rings. The van der Waals surface area contributed by atoms with E-state index in [4.69, 9.17) is 16.3 Å². The molecule has 6 heteroatoms. The Morgan fingerprint density at radius 2 is 2.22 bits per heavy atom. The van der Waals surface area contributed by atoms with Gasteiger partial charge in [0.2, 0.25) is 0 Å². The fourth-order valence-electron chi connectivity index (χ4n) is 2.26. The molecule has 0 bridgehead atoms. The average Bonchev–Trinajstić information content (AvgIpc) is 2.84. The number of nitrogens with zero attached hydrogens (tertiary/aromatic N) is 1. The van der Waals surface area contributed by atoms with Crippen LogP contribution in [0.3, 0.4) is 0 Å². The topological polar surface area (TPSA) is 64.1 Å². The standard InChI is InChI=1S/C12H11ClN2O3/c13-7-1-2-10-9(5-7)11(16)15(12(17)14-10)8-3-4-18-6-8/h1-2,5,8H,3-4,6H2,(H,14,17). The summed E-state index contributed by atoms with van der Waals surface area (Å²) in [5.74, 6) is 0. The highest BCUT2D eigenvalue weighted by Gasteiger charge is 2.22. The zero-order valence-corrected chi connectivity index (χ0v) is 10.2. The van der Waals surface area contributed by atoms with Crippen LogP contribution in [0.4, 0.5) is 0 Å². The van der Waals surface area contributed by atoms with Crippen LogP contribution in [0.15, 0.2) is 27.8 Å². The number of hydrogen-bond acceptors (Lipinski definition) is 3. The van der Waals surface area contributed by atoms with Crippen molar-refractivity contribution in [1.82, 2.24) is 9.55 Å². The fraction of sp³-hybridized carbons (Fsp3) is 0.333. The largest absolute Gasteiger partial charge is 0.379 e. The Balaban J connectivity index is 2.32. The van der Waals surface area contributed by atoms with Gasteiger partial charge in [0.15, 0.2) is 0 Å². The van der Waals surface area contributed by atoms with Crippen LogP contribution in [-0.2, 0) is 4.74 Å². The Kier molecular flexibility index (Phi) is 2.72. The first-order chi connectivity index (χ1) is 8.66. The van der Waals surface area contributed by atoms with Gasteiger partial charge in [-0.15, -0.1) is 0 Å². The second kappa shape index (κ2) is 4.26. The summed E-state index contributed by atoms with van der Waals surface area (Å²) < 4.78 is 6.45. The molecule has 1 aliphatic heterocycles. The van der Waals surface area contributed by atoms with E-state index in [1.54, 1.807) is 18.2 Å². The third kappa shape index (κ3) is 1.76. The van der Waals surface area contributed by atoms with Crippen LogP contribution < -0.4 is 11.2 Å². The van der Waals surface area contributed by atoms with Gasteiger partial charge < -0.3 is 9.72 Å². The molecule has 2 aromatic rings. The van der Waals surface area contributed by atoms with Crippen LogP contribution in [0.5, 0.6) is 0 Å². The van der Waals surface area contributed by atoms with Gasteiger partial charge in [-0.1, -0.05) is 11.6 Å². The van der Waals surface area contributed by atoms with E-state index in [0.717, 1.165) is 0 Å². The highest BCUT2D eigenvalue weighted by Crippen LogP contribution is 2.17. The number of rotatable bonds is 1. The molecule has 3 rings (SSSR count). The van der Waals surface area contributed by atoms with Crippen molar-refractivity contribution in [1.29, 1.82) is 0 Å². The van der Waals surface area contributed by atoms with E-state index in [2.05, 4.69) is 4.98 Å². The van der Waals surface area contributed by atoms with E-state index in [1.165, 1.54) is 4.57 Å². The van der Waals surface area contributed by atoms with Crippen molar-refractivity contribution in [2.75, 3.05) is 13.2 Å². The molecule has 2 heterocycles. The number of aromatic amines is 1. The van der Waals surface area contributed by atoms with Crippen molar-refractivity contribution in [2.24, 2.45) is 0 Å². The summed E-state index contributed by atoms with van der Waals surface area (Å²) in [4.78, 5) is 27.0. The third-order valence-corrected chi connectivity index (χ3v) is 3.40. The molecule has 1 aromatic heterocycles. The molecule has 5 nitrogen and oxygen atoms in total. The quantitative estimate of drug-likeness (QED) is 0.846. The molecule has 0 aliphatic carbocycles. The summed E-state index contributed by atoms with van der Waals surface area (Å²) in [6.45, 7) is 0.971. The van der Waals surface area contributed by atoms with Gasteiger partial charge in [0, 0.05) is 11.6 Å². The van der Waals surface area contributed by atoms with Crippen molar-refractivity contribution in [2.45, 2.75) is 12.5 Å². The molecule has 1 aromatic carbocycles. The van der Waals surface area contributed by atoms with Gasteiger partial charge in [-0.3, -0.25) is 9.36 Å². The first-order valence-electron chi connectivity index (χ1n) is 5.68. The van der Waals surface area contributed by atoms with Gasteiger partial charge in [0.1, 0.15) is 0 Å². The molecule has 0 radical (unpaired) electrons. The fourth-order valence-corrected chi connectivity index (χ4v) is 2.43. The van der Waals surface area contributed by atoms with Gasteiger partial charge in [0.25, 0.3) is 5.56 Å². The number of halogens is 1. The summed E-state index contributed by atoms with van der Waals surface area (Å²) in [5.41, 5.74) is -0.207. The number of fused-ring (bicyclic) bond motifs is 1. The number of hydrogen-bond donors (Lipinski definition) is 1. The van der Waals surface area contributed by atoms with E-state index in [-0.39, 0.29) is 11.6 Å². The third-order valence-electron chi connectivity index (χ3n) is 3.16. The molecule has 1 N–H and O–H groups in total. The minimum Gasteiger partial charge on any atom is -0.379 e. The minimum atomic E-state index is -0.398. The lowest BCUT2D eigenvalue weighted by molar-refractivity contribution is 0.185. The van der Waals surface area contributed by atoms with Crippen molar-refractivity contribution < 1.29 is 4.74 Å². The number of H-pyrrole nitrogens is 1. The zero-order valence-electron chi connectivity index (χ0n) is 9.48. The molecule has 18 heavy (non-hydrogen) atoms. The lowest BCUT2D eigenvalue weighted by Gasteiger charge is -2.11. The lowest BCUT2D eigenvalue weighted by atomic mass is 10.2. The van der Waals surface area contributed by atoms with Crippen molar-refractivity contribution >= 4 is 22.5 Å². The first-order valence-corrected chi connectivity index (χ1v) is 6.06. The van der Waals surface area contributed by atoms with E-state index >= 15 is 0 Å². The summed E-state index contributed by atoms with van der Waals surface area (Å²) in [7, 11) is 0. The Morgan fingerprint density at radius 3 is 2.94 bits per heavy atom. The molecule has 1 unspecified atom stereocenters. The average molecular weight is 267 g/mol.